The lowest BCUT2D eigenvalue weighted by molar-refractivity contribution is 0.0734. The van der Waals surface area contributed by atoms with Crippen molar-refractivity contribution < 1.29 is 33.3 Å². The summed E-state index contributed by atoms with van der Waals surface area (Å²) in [5.41, 5.74) is 2.07. The number of ketones is 1. The number of methoxy groups -OCH3 is 1. The summed E-state index contributed by atoms with van der Waals surface area (Å²) in [6, 6.07) is 13.5. The van der Waals surface area contributed by atoms with Gasteiger partial charge in [0.15, 0.2) is 17.3 Å². The van der Waals surface area contributed by atoms with E-state index in [9.17, 15) is 9.59 Å². The lowest BCUT2D eigenvalue weighted by Crippen LogP contribution is -2.08. The summed E-state index contributed by atoms with van der Waals surface area (Å²) in [7, 11) is 1.56. The molecule has 2 aliphatic rings. The van der Waals surface area contributed by atoms with E-state index in [-0.39, 0.29) is 24.1 Å². The van der Waals surface area contributed by atoms with Gasteiger partial charge in [-0.15, -0.1) is 0 Å². The van der Waals surface area contributed by atoms with Crippen molar-refractivity contribution in [1.29, 1.82) is 0 Å². The van der Waals surface area contributed by atoms with Crippen molar-refractivity contribution >= 4 is 33.8 Å². The van der Waals surface area contributed by atoms with Crippen LogP contribution in [0.5, 0.6) is 28.7 Å². The first-order valence-corrected chi connectivity index (χ1v) is 10.8. The van der Waals surface area contributed by atoms with Crippen LogP contribution in [-0.4, -0.2) is 25.7 Å². The molecule has 0 saturated heterocycles. The molecule has 0 radical (unpaired) electrons. The molecule has 0 spiro atoms. The number of benzene rings is 3. The first-order valence-electron chi connectivity index (χ1n) is 9.97. The summed E-state index contributed by atoms with van der Waals surface area (Å²) in [5, 5.41) is 0. The number of carbonyl (C=O) groups excluding carboxylic acids is 2. The molecule has 33 heavy (non-hydrogen) atoms. The molecule has 166 valence electrons. The Hall–Kier alpha value is -3.78. The molecule has 8 heteroatoms. The Balaban J connectivity index is 1.41. The standard InChI is InChI=1S/C25H17BrO7/c1-13-7-17(32-25(28)14-3-5-19-20(9-14)31-12-30-19)11-21-23(13)24(27)22(33-21)10-15-8-16(26)4-6-18(15)29-2/h3-11H,12H2,1-2H3/b22-10-. The van der Waals surface area contributed by atoms with Crippen LogP contribution in [0.3, 0.4) is 0 Å². The molecule has 0 saturated carbocycles. The number of Topliss-reactive ketones (excluding diaryl/α,β-unsaturated/α-hetero) is 1. The van der Waals surface area contributed by atoms with E-state index in [2.05, 4.69) is 15.9 Å². The average molecular weight is 509 g/mol. The molecule has 0 aliphatic carbocycles. The number of allylic oxidation sites excluding steroid dienone is 1. The Morgan fingerprint density at radius 1 is 1.03 bits per heavy atom. The molecule has 2 heterocycles. The number of aryl methyl sites for hydroxylation is 1. The van der Waals surface area contributed by atoms with Crippen LogP contribution in [-0.2, 0) is 0 Å². The predicted molar refractivity (Wildman–Crippen MR) is 122 cm³/mol. The summed E-state index contributed by atoms with van der Waals surface area (Å²) in [6.45, 7) is 1.88. The molecule has 0 aromatic heterocycles. The Bertz CT molecular complexity index is 1340. The minimum absolute atomic E-state index is 0.116. The molecule has 0 bridgehead atoms. The lowest BCUT2D eigenvalue weighted by atomic mass is 10.0. The van der Waals surface area contributed by atoms with Gasteiger partial charge < -0.3 is 23.7 Å². The van der Waals surface area contributed by atoms with E-state index in [4.69, 9.17) is 23.7 Å². The number of esters is 1. The third-order valence-corrected chi connectivity index (χ3v) is 5.73. The van der Waals surface area contributed by atoms with Gasteiger partial charge in [0, 0.05) is 16.1 Å². The van der Waals surface area contributed by atoms with Gasteiger partial charge in [-0.25, -0.2) is 4.79 Å². The minimum atomic E-state index is -0.563. The first-order chi connectivity index (χ1) is 15.9. The van der Waals surface area contributed by atoms with Gasteiger partial charge in [-0.1, -0.05) is 15.9 Å². The molecule has 0 N–H and O–H groups in total. The smallest absolute Gasteiger partial charge is 0.343 e. The number of halogens is 1. The fourth-order valence-electron chi connectivity index (χ4n) is 3.69. The van der Waals surface area contributed by atoms with Gasteiger partial charge >= 0.3 is 5.97 Å². The van der Waals surface area contributed by atoms with Crippen molar-refractivity contribution in [3.8, 4) is 28.7 Å². The van der Waals surface area contributed by atoms with E-state index >= 15 is 0 Å². The summed E-state index contributed by atoms with van der Waals surface area (Å²) in [5.74, 6) is 1.60. The zero-order valence-corrected chi connectivity index (χ0v) is 19.2. The van der Waals surface area contributed by atoms with Crippen LogP contribution < -0.4 is 23.7 Å². The Morgan fingerprint density at radius 2 is 1.85 bits per heavy atom. The normalized spacial score (nSPS) is 14.8. The third kappa shape index (κ3) is 3.93. The summed E-state index contributed by atoms with van der Waals surface area (Å²) in [4.78, 5) is 25.6. The van der Waals surface area contributed by atoms with E-state index in [1.54, 1.807) is 50.4 Å². The molecule has 3 aromatic carbocycles. The van der Waals surface area contributed by atoms with Crippen LogP contribution in [0.2, 0.25) is 0 Å². The zero-order chi connectivity index (χ0) is 23.1. The molecule has 5 rings (SSSR count). The Morgan fingerprint density at radius 3 is 2.67 bits per heavy atom. The van der Waals surface area contributed by atoms with Gasteiger partial charge in [-0.2, -0.15) is 0 Å². The summed E-state index contributed by atoms with van der Waals surface area (Å²) < 4.78 is 28.2. The second-order valence-electron chi connectivity index (χ2n) is 7.40. The van der Waals surface area contributed by atoms with Crippen molar-refractivity contribution in [3.05, 3.63) is 81.0 Å². The highest BCUT2D eigenvalue weighted by Crippen LogP contribution is 2.39. The average Bonchev–Trinajstić information content (AvgIpc) is 3.38. The molecular weight excluding hydrogens is 492 g/mol. The van der Waals surface area contributed by atoms with Gasteiger partial charge in [0.05, 0.1) is 18.2 Å². The van der Waals surface area contributed by atoms with Crippen LogP contribution in [0.4, 0.5) is 0 Å². The monoisotopic (exact) mass is 508 g/mol. The SMILES string of the molecule is COc1ccc(Br)cc1/C=C1\Oc2cc(OC(=O)c3ccc4c(c3)OCO4)cc(C)c2C1=O. The largest absolute Gasteiger partial charge is 0.496 e. The van der Waals surface area contributed by atoms with E-state index in [0.717, 1.165) is 4.47 Å². The van der Waals surface area contributed by atoms with Crippen molar-refractivity contribution in [1.82, 2.24) is 0 Å². The number of hydrogen-bond donors (Lipinski definition) is 0. The van der Waals surface area contributed by atoms with Gasteiger partial charge in [0.2, 0.25) is 12.6 Å². The highest BCUT2D eigenvalue weighted by molar-refractivity contribution is 9.10. The van der Waals surface area contributed by atoms with E-state index in [1.165, 1.54) is 6.07 Å². The molecule has 3 aromatic rings. The summed E-state index contributed by atoms with van der Waals surface area (Å²) in [6.07, 6.45) is 1.63. The van der Waals surface area contributed by atoms with E-state index < -0.39 is 5.97 Å². The quantitative estimate of drug-likeness (QED) is 0.267. The highest BCUT2D eigenvalue weighted by Gasteiger charge is 2.31. The Labute approximate surface area is 197 Å². The predicted octanol–water partition coefficient (Wildman–Crippen LogP) is 5.33. The van der Waals surface area contributed by atoms with Crippen molar-refractivity contribution in [3.63, 3.8) is 0 Å². The number of fused-ring (bicyclic) bond motifs is 2. The maximum absolute atomic E-state index is 13.0. The van der Waals surface area contributed by atoms with Crippen molar-refractivity contribution in [2.75, 3.05) is 13.9 Å². The van der Waals surface area contributed by atoms with Crippen LogP contribution in [0.15, 0.2) is 58.8 Å². The molecule has 0 fully saturated rings. The van der Waals surface area contributed by atoms with Gasteiger partial charge in [-0.3, -0.25) is 4.79 Å². The molecule has 0 amide bonds. The second kappa shape index (κ2) is 8.29. The van der Waals surface area contributed by atoms with Crippen LogP contribution in [0.25, 0.3) is 6.08 Å². The Kier molecular flexibility index (Phi) is 5.30. The minimum Gasteiger partial charge on any atom is -0.496 e. The van der Waals surface area contributed by atoms with Crippen LogP contribution >= 0.6 is 15.9 Å². The van der Waals surface area contributed by atoms with Gasteiger partial charge in [0.25, 0.3) is 0 Å². The number of hydrogen-bond acceptors (Lipinski definition) is 7. The van der Waals surface area contributed by atoms with Crippen LogP contribution in [0, 0.1) is 6.92 Å². The molecule has 0 unspecified atom stereocenters. The van der Waals surface area contributed by atoms with Crippen molar-refractivity contribution in [2.45, 2.75) is 6.92 Å². The third-order valence-electron chi connectivity index (χ3n) is 5.24. The fourth-order valence-corrected chi connectivity index (χ4v) is 4.06. The van der Waals surface area contributed by atoms with Gasteiger partial charge in [-0.05, 0) is 61.0 Å². The molecular formula is C25H17BrO7. The maximum Gasteiger partial charge on any atom is 0.343 e. The first kappa shape index (κ1) is 21.1. The molecule has 7 nitrogen and oxygen atoms in total. The highest BCUT2D eigenvalue weighted by atomic mass is 79.9. The zero-order valence-electron chi connectivity index (χ0n) is 17.6. The van der Waals surface area contributed by atoms with E-state index in [0.29, 0.717) is 45.3 Å². The maximum atomic E-state index is 13.0. The van der Waals surface area contributed by atoms with E-state index in [1.807, 2.05) is 12.1 Å². The fraction of sp³-hybridized carbons (Fsp3) is 0.120. The summed E-state index contributed by atoms with van der Waals surface area (Å²) >= 11 is 3.42. The second-order valence-corrected chi connectivity index (χ2v) is 8.31. The van der Waals surface area contributed by atoms with Crippen molar-refractivity contribution in [2.24, 2.45) is 0 Å². The van der Waals surface area contributed by atoms with Gasteiger partial charge in [0.1, 0.15) is 17.2 Å². The number of rotatable bonds is 4. The molecule has 2 aliphatic heterocycles. The number of carbonyl (C=O) groups is 2. The number of ether oxygens (including phenoxy) is 5. The topological polar surface area (TPSA) is 80.3 Å². The van der Waals surface area contributed by atoms with Crippen LogP contribution in [0.1, 0.15) is 31.8 Å². The molecule has 0 atom stereocenters. The lowest BCUT2D eigenvalue weighted by Gasteiger charge is -2.08.